The van der Waals surface area contributed by atoms with Crippen LogP contribution < -0.4 is 20.7 Å². The summed E-state index contributed by atoms with van der Waals surface area (Å²) in [5.74, 6) is 1.07. The van der Waals surface area contributed by atoms with Gasteiger partial charge in [0.15, 0.2) is 0 Å². The van der Waals surface area contributed by atoms with E-state index in [0.29, 0.717) is 19.0 Å². The maximum Gasteiger partial charge on any atom is 0.258 e. The minimum atomic E-state index is -0.866. The van der Waals surface area contributed by atoms with Crippen molar-refractivity contribution in [2.24, 2.45) is 16.6 Å². The SMILES string of the molecule is COc1ccc2c(c1)N(c1ccc(NCCN)cc1)C(=O)C(C)(C)N=C2C1CCCCC1. The van der Waals surface area contributed by atoms with Crippen molar-refractivity contribution in [2.75, 3.05) is 30.4 Å². The lowest BCUT2D eigenvalue weighted by Gasteiger charge is -2.28. The van der Waals surface area contributed by atoms with E-state index in [1.807, 2.05) is 55.1 Å². The van der Waals surface area contributed by atoms with E-state index in [-0.39, 0.29) is 5.91 Å². The molecule has 0 bridgehead atoms. The Labute approximate surface area is 190 Å². The summed E-state index contributed by atoms with van der Waals surface area (Å²) in [6, 6.07) is 13.9. The number of ether oxygens (including phenoxy) is 1. The fourth-order valence-electron chi connectivity index (χ4n) is 4.72. The quantitative estimate of drug-likeness (QED) is 0.678. The van der Waals surface area contributed by atoms with Crippen LogP contribution >= 0.6 is 0 Å². The lowest BCUT2D eigenvalue weighted by molar-refractivity contribution is -0.121. The molecule has 2 aromatic rings. The van der Waals surface area contributed by atoms with E-state index in [1.165, 1.54) is 19.3 Å². The molecule has 2 aliphatic rings. The molecule has 1 fully saturated rings. The lowest BCUT2D eigenvalue weighted by atomic mass is 9.82. The van der Waals surface area contributed by atoms with Crippen LogP contribution in [0.15, 0.2) is 47.5 Å². The first-order valence-corrected chi connectivity index (χ1v) is 11.6. The maximum absolute atomic E-state index is 13.9. The molecule has 170 valence electrons. The molecule has 0 unspecified atom stereocenters. The van der Waals surface area contributed by atoms with E-state index < -0.39 is 5.54 Å². The molecule has 1 heterocycles. The van der Waals surface area contributed by atoms with Gasteiger partial charge in [0.1, 0.15) is 11.3 Å². The molecule has 2 aromatic carbocycles. The van der Waals surface area contributed by atoms with Gasteiger partial charge in [-0.3, -0.25) is 14.7 Å². The van der Waals surface area contributed by atoms with Crippen molar-refractivity contribution in [1.29, 1.82) is 0 Å². The summed E-state index contributed by atoms with van der Waals surface area (Å²) in [6.07, 6.45) is 5.94. The Bertz CT molecular complexity index is 991. The van der Waals surface area contributed by atoms with Gasteiger partial charge in [-0.1, -0.05) is 19.3 Å². The van der Waals surface area contributed by atoms with E-state index in [0.717, 1.165) is 46.9 Å². The molecule has 4 rings (SSSR count). The van der Waals surface area contributed by atoms with Crippen molar-refractivity contribution in [3.63, 3.8) is 0 Å². The summed E-state index contributed by atoms with van der Waals surface area (Å²) in [4.78, 5) is 20.8. The molecular weight excluding hydrogens is 400 g/mol. The van der Waals surface area contributed by atoms with Gasteiger partial charge < -0.3 is 15.8 Å². The second-order valence-electron chi connectivity index (χ2n) is 9.18. The van der Waals surface area contributed by atoms with Crippen LogP contribution in [0.1, 0.15) is 51.5 Å². The predicted octanol–water partition coefficient (Wildman–Crippen LogP) is 4.89. The highest BCUT2D eigenvalue weighted by molar-refractivity contribution is 6.17. The van der Waals surface area contributed by atoms with Gasteiger partial charge >= 0.3 is 0 Å². The standard InChI is InChI=1S/C26H34N4O2/c1-26(2)25(31)30(20-11-9-19(10-12-20)28-16-15-27)23-17-21(32-3)13-14-22(23)24(29-26)18-7-5-4-6-8-18/h9-14,17-18,28H,4-8,15-16,27H2,1-3H3. The van der Waals surface area contributed by atoms with Crippen LogP contribution in [-0.4, -0.2) is 37.4 Å². The van der Waals surface area contributed by atoms with Crippen molar-refractivity contribution in [2.45, 2.75) is 51.5 Å². The highest BCUT2D eigenvalue weighted by Gasteiger charge is 2.40. The summed E-state index contributed by atoms with van der Waals surface area (Å²) in [5.41, 5.74) is 9.46. The molecule has 32 heavy (non-hydrogen) atoms. The van der Waals surface area contributed by atoms with Crippen LogP contribution in [0.3, 0.4) is 0 Å². The number of carbonyl (C=O) groups excluding carboxylic acids is 1. The summed E-state index contributed by atoms with van der Waals surface area (Å²) >= 11 is 0. The van der Waals surface area contributed by atoms with Crippen molar-refractivity contribution in [3.05, 3.63) is 48.0 Å². The van der Waals surface area contributed by atoms with Gasteiger partial charge in [-0.2, -0.15) is 0 Å². The highest BCUT2D eigenvalue weighted by Crippen LogP contribution is 2.41. The number of amides is 1. The second-order valence-corrected chi connectivity index (χ2v) is 9.18. The van der Waals surface area contributed by atoms with Crippen LogP contribution in [0.25, 0.3) is 0 Å². The van der Waals surface area contributed by atoms with Crippen LogP contribution in [-0.2, 0) is 4.79 Å². The number of hydrogen-bond donors (Lipinski definition) is 2. The molecule has 1 amide bonds. The largest absolute Gasteiger partial charge is 0.497 e. The third-order valence-corrected chi connectivity index (χ3v) is 6.44. The molecule has 0 atom stereocenters. The van der Waals surface area contributed by atoms with Gasteiger partial charge in [-0.15, -0.1) is 0 Å². The number of anilines is 3. The van der Waals surface area contributed by atoms with E-state index in [4.69, 9.17) is 15.5 Å². The molecule has 0 saturated heterocycles. The minimum absolute atomic E-state index is 0.0412. The maximum atomic E-state index is 13.9. The Morgan fingerprint density at radius 2 is 1.84 bits per heavy atom. The molecule has 0 aromatic heterocycles. The number of rotatable bonds is 6. The molecule has 0 spiro atoms. The fraction of sp³-hybridized carbons (Fsp3) is 0.462. The fourth-order valence-corrected chi connectivity index (χ4v) is 4.72. The lowest BCUT2D eigenvalue weighted by Crippen LogP contribution is -2.41. The van der Waals surface area contributed by atoms with Gasteiger partial charge in [0.25, 0.3) is 5.91 Å². The predicted molar refractivity (Wildman–Crippen MR) is 131 cm³/mol. The van der Waals surface area contributed by atoms with Gasteiger partial charge in [-0.25, -0.2) is 0 Å². The zero-order valence-electron chi connectivity index (χ0n) is 19.4. The minimum Gasteiger partial charge on any atom is -0.497 e. The number of hydrogen-bond acceptors (Lipinski definition) is 5. The Kier molecular flexibility index (Phi) is 6.51. The molecule has 1 saturated carbocycles. The van der Waals surface area contributed by atoms with E-state index in [1.54, 1.807) is 7.11 Å². The number of nitrogens with two attached hydrogens (primary N) is 1. The normalized spacial score (nSPS) is 18.6. The Morgan fingerprint density at radius 3 is 2.50 bits per heavy atom. The van der Waals surface area contributed by atoms with Gasteiger partial charge in [-0.05, 0) is 63.1 Å². The van der Waals surface area contributed by atoms with Crippen molar-refractivity contribution < 1.29 is 9.53 Å². The Morgan fingerprint density at radius 1 is 1.12 bits per heavy atom. The first-order chi connectivity index (χ1) is 15.4. The first kappa shape index (κ1) is 22.3. The van der Waals surface area contributed by atoms with Crippen molar-refractivity contribution >= 4 is 28.7 Å². The summed E-state index contributed by atoms with van der Waals surface area (Å²) in [7, 11) is 1.66. The molecule has 6 nitrogen and oxygen atoms in total. The Hall–Kier alpha value is -2.86. The van der Waals surface area contributed by atoms with Gasteiger partial charge in [0.05, 0.1) is 12.8 Å². The van der Waals surface area contributed by atoms with Crippen molar-refractivity contribution in [1.82, 2.24) is 0 Å². The highest BCUT2D eigenvalue weighted by atomic mass is 16.5. The number of benzene rings is 2. The van der Waals surface area contributed by atoms with E-state index in [9.17, 15) is 4.79 Å². The monoisotopic (exact) mass is 434 g/mol. The van der Waals surface area contributed by atoms with Gasteiger partial charge in [0, 0.05) is 47.7 Å². The number of benzodiazepines with no additional fused rings is 1. The number of nitrogens with zero attached hydrogens (tertiary/aromatic N) is 2. The number of fused-ring (bicyclic) bond motifs is 1. The van der Waals surface area contributed by atoms with Crippen LogP contribution in [0.4, 0.5) is 17.1 Å². The van der Waals surface area contributed by atoms with Crippen LogP contribution in [0.5, 0.6) is 5.75 Å². The molecule has 1 aliphatic heterocycles. The molecule has 6 heteroatoms. The third kappa shape index (κ3) is 4.37. The number of nitrogens with one attached hydrogen (secondary N) is 1. The van der Waals surface area contributed by atoms with E-state index in [2.05, 4.69) is 11.4 Å². The molecule has 0 radical (unpaired) electrons. The zero-order chi connectivity index (χ0) is 22.7. The smallest absolute Gasteiger partial charge is 0.258 e. The third-order valence-electron chi connectivity index (χ3n) is 6.44. The van der Waals surface area contributed by atoms with E-state index >= 15 is 0 Å². The van der Waals surface area contributed by atoms with Crippen molar-refractivity contribution in [3.8, 4) is 5.75 Å². The molecule has 3 N–H and O–H groups in total. The summed E-state index contributed by atoms with van der Waals surface area (Å²) in [6.45, 7) is 5.11. The molecular formula is C26H34N4O2. The zero-order valence-corrected chi connectivity index (χ0v) is 19.4. The number of carbonyl (C=O) groups is 1. The van der Waals surface area contributed by atoms with Crippen LogP contribution in [0.2, 0.25) is 0 Å². The Balaban J connectivity index is 1.83. The molecule has 1 aliphatic carbocycles. The summed E-state index contributed by atoms with van der Waals surface area (Å²) in [5, 5.41) is 3.28. The first-order valence-electron chi connectivity index (χ1n) is 11.6. The van der Waals surface area contributed by atoms with Gasteiger partial charge in [0.2, 0.25) is 0 Å². The number of methoxy groups -OCH3 is 1. The van der Waals surface area contributed by atoms with Crippen LogP contribution in [0, 0.1) is 5.92 Å². The summed E-state index contributed by atoms with van der Waals surface area (Å²) < 4.78 is 5.54. The average Bonchev–Trinajstić information content (AvgIpc) is 2.90. The second kappa shape index (κ2) is 9.33. The topological polar surface area (TPSA) is 80.0 Å². The average molecular weight is 435 g/mol. The number of aliphatic imine (C=N–C) groups is 1.